The molecule has 1 heterocycles. The normalized spacial score (nSPS) is 18.7. The molecular weight excluding hydrogens is 390 g/mol. The quantitative estimate of drug-likeness (QED) is 0.730. The number of hydrogen-bond acceptors (Lipinski definition) is 4. The molecule has 0 N–H and O–H groups in total. The van der Waals surface area contributed by atoms with Gasteiger partial charge in [0.25, 0.3) is 5.91 Å². The summed E-state index contributed by atoms with van der Waals surface area (Å²) in [5, 5.41) is 0. The van der Waals surface area contributed by atoms with E-state index >= 15 is 0 Å². The van der Waals surface area contributed by atoms with Gasteiger partial charge in [0.05, 0.1) is 4.90 Å². The Kier molecular flexibility index (Phi) is 6.63. The molecule has 1 aliphatic heterocycles. The van der Waals surface area contributed by atoms with Gasteiger partial charge in [-0.3, -0.25) is 9.59 Å². The summed E-state index contributed by atoms with van der Waals surface area (Å²) in [6.07, 6.45) is 4.24. The lowest BCUT2D eigenvalue weighted by Crippen LogP contribution is -2.51. The van der Waals surface area contributed by atoms with Gasteiger partial charge in [-0.1, -0.05) is 12.8 Å². The summed E-state index contributed by atoms with van der Waals surface area (Å²) < 4.78 is 26.4. The number of hydrogen-bond donors (Lipinski definition) is 0. The van der Waals surface area contributed by atoms with E-state index in [1.807, 2.05) is 18.7 Å². The fourth-order valence-electron chi connectivity index (χ4n) is 3.96. The molecule has 1 aromatic rings. The van der Waals surface area contributed by atoms with Crippen LogP contribution >= 0.6 is 0 Å². The lowest BCUT2D eigenvalue weighted by molar-refractivity contribution is -0.136. The Morgan fingerprint density at radius 1 is 0.966 bits per heavy atom. The summed E-state index contributed by atoms with van der Waals surface area (Å²) in [5.41, 5.74) is 0.465. The van der Waals surface area contributed by atoms with Crippen LogP contribution in [0.5, 0.6) is 0 Å². The monoisotopic (exact) mass is 421 g/mol. The molecular formula is C21H31N3O4S. The van der Waals surface area contributed by atoms with E-state index in [0.717, 1.165) is 25.7 Å². The maximum atomic E-state index is 12.8. The molecule has 1 aliphatic carbocycles. The van der Waals surface area contributed by atoms with Gasteiger partial charge in [-0.25, -0.2) is 8.42 Å². The van der Waals surface area contributed by atoms with Gasteiger partial charge in [-0.05, 0) is 51.0 Å². The van der Waals surface area contributed by atoms with Crippen molar-refractivity contribution in [3.8, 4) is 0 Å². The molecule has 0 radical (unpaired) electrons. The zero-order chi connectivity index (χ0) is 21.2. The number of piperazine rings is 1. The van der Waals surface area contributed by atoms with Crippen molar-refractivity contribution in [1.29, 1.82) is 0 Å². The molecule has 160 valence electrons. The Labute approximate surface area is 173 Å². The van der Waals surface area contributed by atoms with E-state index in [4.69, 9.17) is 0 Å². The standard InChI is InChI=1S/C21H31N3O4S/c1-16(2)22(3)29(27,28)19-10-8-18(9-11-19)21(26)24-14-12-23(13-15-24)20(25)17-6-4-5-7-17/h8-11,16-17H,4-7,12-15H2,1-3H3. The van der Waals surface area contributed by atoms with E-state index in [0.29, 0.717) is 31.7 Å². The molecule has 1 saturated carbocycles. The topological polar surface area (TPSA) is 78.0 Å². The highest BCUT2D eigenvalue weighted by Gasteiger charge is 2.31. The Morgan fingerprint density at radius 2 is 1.48 bits per heavy atom. The number of carbonyl (C=O) groups excluding carboxylic acids is 2. The summed E-state index contributed by atoms with van der Waals surface area (Å²) in [6.45, 7) is 5.76. The van der Waals surface area contributed by atoms with Crippen molar-refractivity contribution in [3.05, 3.63) is 29.8 Å². The highest BCUT2D eigenvalue weighted by molar-refractivity contribution is 7.89. The molecule has 2 amide bonds. The first-order chi connectivity index (χ1) is 13.7. The van der Waals surface area contributed by atoms with Crippen LogP contribution in [0, 0.1) is 5.92 Å². The lowest BCUT2D eigenvalue weighted by Gasteiger charge is -2.36. The Morgan fingerprint density at radius 3 is 2.00 bits per heavy atom. The average Bonchev–Trinajstić information content (AvgIpc) is 3.27. The fourth-order valence-corrected chi connectivity index (χ4v) is 5.32. The van der Waals surface area contributed by atoms with Gasteiger partial charge >= 0.3 is 0 Å². The van der Waals surface area contributed by atoms with E-state index in [2.05, 4.69) is 0 Å². The van der Waals surface area contributed by atoms with Crippen LogP contribution in [0.3, 0.4) is 0 Å². The fraction of sp³-hybridized carbons (Fsp3) is 0.619. The number of nitrogens with zero attached hydrogens (tertiary/aromatic N) is 3. The van der Waals surface area contributed by atoms with Crippen LogP contribution in [0.15, 0.2) is 29.2 Å². The first-order valence-electron chi connectivity index (χ1n) is 10.4. The third-order valence-corrected chi connectivity index (χ3v) is 8.14. The van der Waals surface area contributed by atoms with Gasteiger partial charge < -0.3 is 9.80 Å². The van der Waals surface area contributed by atoms with Gasteiger partial charge in [0.1, 0.15) is 0 Å². The van der Waals surface area contributed by atoms with Crippen LogP contribution in [0.4, 0.5) is 0 Å². The minimum Gasteiger partial charge on any atom is -0.339 e. The van der Waals surface area contributed by atoms with E-state index in [-0.39, 0.29) is 28.7 Å². The summed E-state index contributed by atoms with van der Waals surface area (Å²) in [6, 6.07) is 5.96. The molecule has 29 heavy (non-hydrogen) atoms. The summed E-state index contributed by atoms with van der Waals surface area (Å²) in [4.78, 5) is 29.1. The summed E-state index contributed by atoms with van der Waals surface area (Å²) in [5.74, 6) is 0.272. The number of rotatable bonds is 5. The molecule has 3 rings (SSSR count). The van der Waals surface area contributed by atoms with Gasteiger partial charge in [0, 0.05) is 50.7 Å². The third kappa shape index (κ3) is 4.64. The predicted octanol–water partition coefficient (Wildman–Crippen LogP) is 2.19. The molecule has 0 atom stereocenters. The predicted molar refractivity (Wildman–Crippen MR) is 111 cm³/mol. The van der Waals surface area contributed by atoms with Crippen LogP contribution in [0.2, 0.25) is 0 Å². The smallest absolute Gasteiger partial charge is 0.253 e. The molecule has 0 aromatic heterocycles. The highest BCUT2D eigenvalue weighted by atomic mass is 32.2. The van der Waals surface area contributed by atoms with Crippen molar-refractivity contribution in [3.63, 3.8) is 0 Å². The maximum Gasteiger partial charge on any atom is 0.253 e. The number of benzene rings is 1. The molecule has 8 heteroatoms. The van der Waals surface area contributed by atoms with Gasteiger partial charge in [-0.15, -0.1) is 0 Å². The van der Waals surface area contributed by atoms with Crippen molar-refractivity contribution < 1.29 is 18.0 Å². The first kappa shape index (κ1) is 21.8. The first-order valence-corrected chi connectivity index (χ1v) is 11.8. The molecule has 0 spiro atoms. The molecule has 7 nitrogen and oxygen atoms in total. The average molecular weight is 422 g/mol. The Balaban J connectivity index is 1.61. The second-order valence-corrected chi connectivity index (χ2v) is 10.2. The molecule has 1 saturated heterocycles. The second kappa shape index (κ2) is 8.83. The number of amides is 2. The largest absolute Gasteiger partial charge is 0.339 e. The molecule has 2 fully saturated rings. The minimum absolute atomic E-state index is 0.126. The third-order valence-electron chi connectivity index (χ3n) is 6.09. The Bertz CT molecular complexity index is 837. The number of carbonyl (C=O) groups is 2. The van der Waals surface area contributed by atoms with Gasteiger partial charge in [0.2, 0.25) is 15.9 Å². The van der Waals surface area contributed by atoms with Gasteiger partial charge in [0.15, 0.2) is 0 Å². The Hall–Kier alpha value is -1.93. The van der Waals surface area contributed by atoms with E-state index in [1.54, 1.807) is 24.1 Å². The molecule has 0 bridgehead atoms. The van der Waals surface area contributed by atoms with Crippen LogP contribution < -0.4 is 0 Å². The van der Waals surface area contributed by atoms with E-state index in [9.17, 15) is 18.0 Å². The van der Waals surface area contributed by atoms with E-state index < -0.39 is 10.0 Å². The van der Waals surface area contributed by atoms with Crippen molar-refractivity contribution in [2.45, 2.75) is 50.5 Å². The summed E-state index contributed by atoms with van der Waals surface area (Å²) >= 11 is 0. The zero-order valence-electron chi connectivity index (χ0n) is 17.5. The molecule has 2 aliphatic rings. The van der Waals surface area contributed by atoms with Crippen molar-refractivity contribution in [2.24, 2.45) is 5.92 Å². The summed E-state index contributed by atoms with van der Waals surface area (Å²) in [7, 11) is -2.02. The van der Waals surface area contributed by atoms with Crippen LogP contribution in [-0.4, -0.2) is 73.6 Å². The zero-order valence-corrected chi connectivity index (χ0v) is 18.3. The van der Waals surface area contributed by atoms with Crippen LogP contribution in [0.25, 0.3) is 0 Å². The van der Waals surface area contributed by atoms with Crippen molar-refractivity contribution in [1.82, 2.24) is 14.1 Å². The minimum atomic E-state index is -3.57. The lowest BCUT2D eigenvalue weighted by atomic mass is 10.1. The molecule has 1 aromatic carbocycles. The van der Waals surface area contributed by atoms with Crippen molar-refractivity contribution in [2.75, 3.05) is 33.2 Å². The van der Waals surface area contributed by atoms with Crippen molar-refractivity contribution >= 4 is 21.8 Å². The van der Waals surface area contributed by atoms with Crippen LogP contribution in [0.1, 0.15) is 49.9 Å². The second-order valence-electron chi connectivity index (χ2n) is 8.24. The maximum absolute atomic E-state index is 12.8. The SMILES string of the molecule is CC(C)N(C)S(=O)(=O)c1ccc(C(=O)N2CCN(C(=O)C3CCCC3)CC2)cc1. The molecule has 0 unspecified atom stereocenters. The van der Waals surface area contributed by atoms with Crippen LogP contribution in [-0.2, 0) is 14.8 Å². The number of sulfonamides is 1. The van der Waals surface area contributed by atoms with E-state index in [1.165, 1.54) is 16.4 Å². The van der Waals surface area contributed by atoms with Gasteiger partial charge in [-0.2, -0.15) is 4.31 Å². The highest BCUT2D eigenvalue weighted by Crippen LogP contribution is 2.27.